The molecule has 1 saturated heterocycles. The standard InChI is InChI=1S/C15H17NO4S/c1-11-8-12-4-2-3-5-14(12)16(11)9-15(17)20-13-6-7-21(18,19)10-13/h2-5,8,13H,6-7,9-10H2,1H3. The van der Waals surface area contributed by atoms with E-state index in [2.05, 4.69) is 0 Å². The number of nitrogens with zero attached hydrogens (tertiary/aromatic N) is 1. The Kier molecular flexibility index (Phi) is 3.49. The molecule has 0 spiro atoms. The van der Waals surface area contributed by atoms with Crippen molar-refractivity contribution >= 4 is 26.7 Å². The topological polar surface area (TPSA) is 65.4 Å². The van der Waals surface area contributed by atoms with Gasteiger partial charge in [0.2, 0.25) is 0 Å². The zero-order chi connectivity index (χ0) is 15.0. The van der Waals surface area contributed by atoms with Gasteiger partial charge >= 0.3 is 5.97 Å². The molecule has 2 heterocycles. The van der Waals surface area contributed by atoms with Crippen LogP contribution < -0.4 is 0 Å². The van der Waals surface area contributed by atoms with Crippen LogP contribution in [0.5, 0.6) is 0 Å². The Hall–Kier alpha value is -1.82. The lowest BCUT2D eigenvalue weighted by molar-refractivity contribution is -0.148. The molecule has 1 fully saturated rings. The van der Waals surface area contributed by atoms with Crippen LogP contribution in [0.2, 0.25) is 0 Å². The average molecular weight is 307 g/mol. The van der Waals surface area contributed by atoms with Crippen molar-refractivity contribution in [2.45, 2.75) is 26.0 Å². The summed E-state index contributed by atoms with van der Waals surface area (Å²) in [5.74, 6) is -0.331. The van der Waals surface area contributed by atoms with Crippen LogP contribution >= 0.6 is 0 Å². The van der Waals surface area contributed by atoms with Crippen molar-refractivity contribution < 1.29 is 17.9 Å². The number of sulfone groups is 1. The largest absolute Gasteiger partial charge is 0.460 e. The van der Waals surface area contributed by atoms with Gasteiger partial charge in [0, 0.05) is 11.2 Å². The van der Waals surface area contributed by atoms with Gasteiger partial charge in [-0.3, -0.25) is 4.79 Å². The zero-order valence-corrected chi connectivity index (χ0v) is 12.6. The van der Waals surface area contributed by atoms with Crippen LogP contribution in [-0.2, 0) is 25.9 Å². The minimum Gasteiger partial charge on any atom is -0.460 e. The lowest BCUT2D eigenvalue weighted by atomic mass is 10.2. The van der Waals surface area contributed by atoms with E-state index in [-0.39, 0.29) is 24.0 Å². The van der Waals surface area contributed by atoms with Crippen molar-refractivity contribution in [2.75, 3.05) is 11.5 Å². The Labute approximate surface area is 123 Å². The van der Waals surface area contributed by atoms with E-state index >= 15 is 0 Å². The number of para-hydroxylation sites is 1. The molecule has 21 heavy (non-hydrogen) atoms. The molecule has 1 aromatic heterocycles. The molecule has 0 N–H and O–H groups in total. The molecule has 5 nitrogen and oxygen atoms in total. The fourth-order valence-electron chi connectivity index (χ4n) is 2.76. The smallest absolute Gasteiger partial charge is 0.326 e. The number of ether oxygens (including phenoxy) is 1. The summed E-state index contributed by atoms with van der Waals surface area (Å²) in [7, 11) is -3.03. The zero-order valence-electron chi connectivity index (χ0n) is 11.8. The van der Waals surface area contributed by atoms with Gasteiger partial charge in [-0.25, -0.2) is 8.42 Å². The van der Waals surface area contributed by atoms with E-state index in [1.54, 1.807) is 0 Å². The fraction of sp³-hybridized carbons (Fsp3) is 0.400. The number of carbonyl (C=O) groups is 1. The molecule has 1 atom stereocenters. The maximum absolute atomic E-state index is 12.0. The summed E-state index contributed by atoms with van der Waals surface area (Å²) in [6.45, 7) is 2.04. The Morgan fingerprint density at radius 2 is 2.14 bits per heavy atom. The molecule has 0 aliphatic carbocycles. The number of aryl methyl sites for hydroxylation is 1. The molecule has 1 unspecified atom stereocenters. The van der Waals surface area contributed by atoms with E-state index < -0.39 is 15.9 Å². The predicted molar refractivity (Wildman–Crippen MR) is 79.8 cm³/mol. The molecule has 0 bridgehead atoms. The Morgan fingerprint density at radius 3 is 2.86 bits per heavy atom. The van der Waals surface area contributed by atoms with Crippen molar-refractivity contribution in [1.29, 1.82) is 0 Å². The SMILES string of the molecule is Cc1cc2ccccc2n1CC(=O)OC1CCS(=O)(=O)C1. The predicted octanol–water partition coefficient (Wildman–Crippen LogP) is 1.68. The molecule has 112 valence electrons. The third kappa shape index (κ3) is 2.95. The lowest BCUT2D eigenvalue weighted by Crippen LogP contribution is -2.23. The number of aromatic nitrogens is 1. The van der Waals surface area contributed by atoms with Crippen LogP contribution in [0.15, 0.2) is 30.3 Å². The molecular formula is C15H17NO4S. The summed E-state index contributed by atoms with van der Waals surface area (Å²) in [5, 5.41) is 1.08. The Bertz CT molecular complexity index is 791. The molecule has 3 rings (SSSR count). The van der Waals surface area contributed by atoms with Crippen LogP contribution in [0.3, 0.4) is 0 Å². The van der Waals surface area contributed by atoms with Gasteiger partial charge in [-0.1, -0.05) is 18.2 Å². The molecule has 1 aromatic carbocycles. The minimum absolute atomic E-state index is 0.0514. The first-order chi connectivity index (χ1) is 9.94. The normalized spacial score (nSPS) is 20.7. The summed E-state index contributed by atoms with van der Waals surface area (Å²) in [4.78, 5) is 12.0. The van der Waals surface area contributed by atoms with Gasteiger partial charge in [0.1, 0.15) is 12.6 Å². The van der Waals surface area contributed by atoms with Gasteiger partial charge in [-0.05, 0) is 30.9 Å². The number of carbonyl (C=O) groups excluding carboxylic acids is 1. The van der Waals surface area contributed by atoms with Crippen molar-refractivity contribution in [3.63, 3.8) is 0 Å². The number of fused-ring (bicyclic) bond motifs is 1. The van der Waals surface area contributed by atoms with Crippen LogP contribution in [0.25, 0.3) is 10.9 Å². The molecule has 1 aliphatic heterocycles. The van der Waals surface area contributed by atoms with Gasteiger partial charge in [0.15, 0.2) is 9.84 Å². The highest BCUT2D eigenvalue weighted by atomic mass is 32.2. The van der Waals surface area contributed by atoms with Gasteiger partial charge in [-0.2, -0.15) is 0 Å². The second-order valence-corrected chi connectivity index (χ2v) is 7.67. The van der Waals surface area contributed by atoms with Gasteiger partial charge in [0.05, 0.1) is 11.5 Å². The van der Waals surface area contributed by atoms with E-state index in [0.29, 0.717) is 6.42 Å². The van der Waals surface area contributed by atoms with E-state index in [9.17, 15) is 13.2 Å². The fourth-order valence-corrected chi connectivity index (χ4v) is 4.35. The number of benzene rings is 1. The highest BCUT2D eigenvalue weighted by Crippen LogP contribution is 2.20. The number of rotatable bonds is 3. The van der Waals surface area contributed by atoms with E-state index in [0.717, 1.165) is 16.6 Å². The average Bonchev–Trinajstić information content (AvgIpc) is 2.90. The Balaban J connectivity index is 1.74. The maximum Gasteiger partial charge on any atom is 0.326 e. The van der Waals surface area contributed by atoms with Gasteiger partial charge in [0.25, 0.3) is 0 Å². The summed E-state index contributed by atoms with van der Waals surface area (Å²) >= 11 is 0. The number of hydrogen-bond acceptors (Lipinski definition) is 4. The summed E-state index contributed by atoms with van der Waals surface area (Å²) in [5.41, 5.74) is 1.96. The quantitative estimate of drug-likeness (QED) is 0.809. The summed E-state index contributed by atoms with van der Waals surface area (Å²) < 4.78 is 29.9. The van der Waals surface area contributed by atoms with Crippen molar-refractivity contribution in [3.8, 4) is 0 Å². The van der Waals surface area contributed by atoms with Gasteiger partial charge < -0.3 is 9.30 Å². The Morgan fingerprint density at radius 1 is 1.38 bits per heavy atom. The molecule has 0 saturated carbocycles. The van der Waals surface area contributed by atoms with Crippen molar-refractivity contribution in [2.24, 2.45) is 0 Å². The third-order valence-corrected chi connectivity index (χ3v) is 5.53. The van der Waals surface area contributed by atoms with Crippen LogP contribution in [-0.4, -0.2) is 36.6 Å². The molecule has 2 aromatic rings. The summed E-state index contributed by atoms with van der Waals surface area (Å²) in [6.07, 6.45) is -0.0934. The molecular weight excluding hydrogens is 290 g/mol. The second kappa shape index (κ2) is 5.18. The molecule has 1 aliphatic rings. The van der Waals surface area contributed by atoms with Crippen molar-refractivity contribution in [3.05, 3.63) is 36.0 Å². The van der Waals surface area contributed by atoms with E-state index in [1.807, 2.05) is 41.8 Å². The van der Waals surface area contributed by atoms with E-state index in [4.69, 9.17) is 4.74 Å². The maximum atomic E-state index is 12.0. The number of esters is 1. The molecule has 0 amide bonds. The van der Waals surface area contributed by atoms with E-state index in [1.165, 1.54) is 0 Å². The van der Waals surface area contributed by atoms with Crippen LogP contribution in [0.4, 0.5) is 0 Å². The molecule has 0 radical (unpaired) electrons. The lowest BCUT2D eigenvalue weighted by Gasteiger charge is -2.12. The van der Waals surface area contributed by atoms with Crippen LogP contribution in [0.1, 0.15) is 12.1 Å². The third-order valence-electron chi connectivity index (χ3n) is 3.79. The first-order valence-corrected chi connectivity index (χ1v) is 8.71. The van der Waals surface area contributed by atoms with Crippen LogP contribution in [0, 0.1) is 6.92 Å². The molecule has 6 heteroatoms. The minimum atomic E-state index is -3.03. The number of hydrogen-bond donors (Lipinski definition) is 0. The van der Waals surface area contributed by atoms with Crippen molar-refractivity contribution in [1.82, 2.24) is 4.57 Å². The highest BCUT2D eigenvalue weighted by molar-refractivity contribution is 7.91. The van der Waals surface area contributed by atoms with Gasteiger partial charge in [-0.15, -0.1) is 0 Å². The summed E-state index contributed by atoms with van der Waals surface area (Å²) in [6, 6.07) is 9.84. The second-order valence-electron chi connectivity index (χ2n) is 5.45. The first kappa shape index (κ1) is 14.1. The highest BCUT2D eigenvalue weighted by Gasteiger charge is 2.30. The monoisotopic (exact) mass is 307 g/mol. The first-order valence-electron chi connectivity index (χ1n) is 6.89.